The van der Waals surface area contributed by atoms with Crippen LogP contribution >= 0.6 is 11.3 Å². The first-order chi connectivity index (χ1) is 13.7. The molecule has 0 amide bonds. The second-order valence-electron chi connectivity index (χ2n) is 6.54. The van der Waals surface area contributed by atoms with Gasteiger partial charge in [0.2, 0.25) is 0 Å². The summed E-state index contributed by atoms with van der Waals surface area (Å²) in [6.45, 7) is 2.10. The molecule has 0 spiro atoms. The molecule has 5 rings (SSSR count). The van der Waals surface area contributed by atoms with Crippen LogP contribution in [0.25, 0.3) is 27.1 Å². The quantitative estimate of drug-likeness (QED) is 0.461. The van der Waals surface area contributed by atoms with Gasteiger partial charge in [-0.2, -0.15) is 14.9 Å². The van der Waals surface area contributed by atoms with E-state index in [1.165, 1.54) is 0 Å². The molecule has 2 aromatic carbocycles. The van der Waals surface area contributed by atoms with E-state index in [1.807, 2.05) is 41.9 Å². The van der Waals surface area contributed by atoms with Crippen molar-refractivity contribution in [1.82, 2.24) is 24.8 Å². The van der Waals surface area contributed by atoms with Gasteiger partial charge in [-0.1, -0.05) is 25.1 Å². The molecule has 0 N–H and O–H groups in total. The predicted octanol–water partition coefficient (Wildman–Crippen LogP) is 4.42. The molecule has 0 saturated heterocycles. The minimum Gasteiger partial charge on any atom is -0.245 e. The maximum atomic E-state index is 9.15. The topological polar surface area (TPSA) is 79.8 Å². The highest BCUT2D eigenvalue weighted by molar-refractivity contribution is 7.16. The SMILES string of the molecule is CC(c1ccc2ncsc2c1)c1nnc2ccc(-c3cccc(C#N)c3)nn12. The molecule has 0 aliphatic rings. The predicted molar refractivity (Wildman–Crippen MR) is 108 cm³/mol. The number of nitriles is 1. The van der Waals surface area contributed by atoms with Crippen LogP contribution < -0.4 is 0 Å². The van der Waals surface area contributed by atoms with Gasteiger partial charge >= 0.3 is 0 Å². The average molecular weight is 382 g/mol. The van der Waals surface area contributed by atoms with Crippen molar-refractivity contribution in [3.05, 3.63) is 77.1 Å². The van der Waals surface area contributed by atoms with Gasteiger partial charge in [0.25, 0.3) is 0 Å². The molecular formula is C21H14N6S. The van der Waals surface area contributed by atoms with E-state index < -0.39 is 0 Å². The van der Waals surface area contributed by atoms with Crippen LogP contribution in [-0.4, -0.2) is 24.8 Å². The van der Waals surface area contributed by atoms with Crippen LogP contribution in [0.1, 0.15) is 29.8 Å². The third-order valence-electron chi connectivity index (χ3n) is 4.82. The smallest absolute Gasteiger partial charge is 0.177 e. The largest absolute Gasteiger partial charge is 0.245 e. The van der Waals surface area contributed by atoms with Gasteiger partial charge in [0.05, 0.1) is 33.1 Å². The van der Waals surface area contributed by atoms with E-state index >= 15 is 0 Å². The molecule has 6 nitrogen and oxygen atoms in total. The maximum absolute atomic E-state index is 9.15. The van der Waals surface area contributed by atoms with E-state index in [-0.39, 0.29) is 5.92 Å². The molecule has 3 aromatic heterocycles. The summed E-state index contributed by atoms with van der Waals surface area (Å²) < 4.78 is 2.94. The Labute approximate surface area is 164 Å². The molecule has 0 radical (unpaired) electrons. The zero-order chi connectivity index (χ0) is 19.1. The molecule has 7 heteroatoms. The molecule has 134 valence electrons. The third-order valence-corrected chi connectivity index (χ3v) is 5.61. The van der Waals surface area contributed by atoms with E-state index in [4.69, 9.17) is 10.4 Å². The van der Waals surface area contributed by atoms with Crippen molar-refractivity contribution in [3.8, 4) is 17.3 Å². The Morgan fingerprint density at radius 1 is 1.07 bits per heavy atom. The fourth-order valence-corrected chi connectivity index (χ4v) is 3.99. The Balaban J connectivity index is 1.60. The van der Waals surface area contributed by atoms with Crippen LogP contribution in [0, 0.1) is 11.3 Å². The lowest BCUT2D eigenvalue weighted by Crippen LogP contribution is -2.05. The molecule has 28 heavy (non-hydrogen) atoms. The fourth-order valence-electron chi connectivity index (χ4n) is 3.27. The van der Waals surface area contributed by atoms with Gasteiger partial charge in [-0.05, 0) is 42.0 Å². The summed E-state index contributed by atoms with van der Waals surface area (Å²) in [6, 6.07) is 19.7. The van der Waals surface area contributed by atoms with Crippen LogP contribution in [0.5, 0.6) is 0 Å². The fraction of sp³-hybridized carbons (Fsp3) is 0.0952. The lowest BCUT2D eigenvalue weighted by molar-refractivity contribution is 0.753. The number of benzene rings is 2. The molecule has 0 fully saturated rings. The molecule has 5 aromatic rings. The van der Waals surface area contributed by atoms with Crippen molar-refractivity contribution < 1.29 is 0 Å². The number of nitrogens with zero attached hydrogens (tertiary/aromatic N) is 6. The van der Waals surface area contributed by atoms with E-state index in [9.17, 15) is 0 Å². The number of fused-ring (bicyclic) bond motifs is 2. The summed E-state index contributed by atoms with van der Waals surface area (Å²) in [5.74, 6) is 0.798. The van der Waals surface area contributed by atoms with Crippen LogP contribution in [0.3, 0.4) is 0 Å². The monoisotopic (exact) mass is 382 g/mol. The maximum Gasteiger partial charge on any atom is 0.177 e. The van der Waals surface area contributed by atoms with Crippen molar-refractivity contribution in [3.63, 3.8) is 0 Å². The van der Waals surface area contributed by atoms with Gasteiger partial charge in [0.15, 0.2) is 11.5 Å². The first kappa shape index (κ1) is 16.5. The number of hydrogen-bond acceptors (Lipinski definition) is 6. The van der Waals surface area contributed by atoms with Crippen molar-refractivity contribution in [1.29, 1.82) is 5.26 Å². The Morgan fingerprint density at radius 2 is 2.00 bits per heavy atom. The molecular weight excluding hydrogens is 368 g/mol. The van der Waals surface area contributed by atoms with Gasteiger partial charge in [0.1, 0.15) is 0 Å². The van der Waals surface area contributed by atoms with Crippen LogP contribution in [0.2, 0.25) is 0 Å². The summed E-state index contributed by atoms with van der Waals surface area (Å²) in [6.07, 6.45) is 0. The summed E-state index contributed by atoms with van der Waals surface area (Å²) >= 11 is 1.63. The third kappa shape index (κ3) is 2.71. The van der Waals surface area contributed by atoms with Gasteiger partial charge in [-0.25, -0.2) is 4.98 Å². The highest BCUT2D eigenvalue weighted by Gasteiger charge is 2.18. The summed E-state index contributed by atoms with van der Waals surface area (Å²) in [5.41, 5.74) is 6.97. The van der Waals surface area contributed by atoms with Gasteiger partial charge < -0.3 is 0 Å². The standard InChI is InChI=1S/C21H14N6S/c1-13(15-5-6-18-19(10-15)28-12-23-18)21-25-24-20-8-7-17(26-27(20)21)16-4-2-3-14(9-16)11-22/h2-10,12-13H,1H3. The van der Waals surface area contributed by atoms with Gasteiger partial charge in [-0.15, -0.1) is 21.5 Å². The van der Waals surface area contributed by atoms with Gasteiger partial charge in [0, 0.05) is 11.5 Å². The number of thiazole rings is 1. The van der Waals surface area contributed by atoms with Crippen LogP contribution in [-0.2, 0) is 0 Å². The number of rotatable bonds is 3. The van der Waals surface area contributed by atoms with E-state index in [0.29, 0.717) is 11.2 Å². The number of hydrogen-bond donors (Lipinski definition) is 0. The average Bonchev–Trinajstić information content (AvgIpc) is 3.39. The lowest BCUT2D eigenvalue weighted by atomic mass is 10.0. The van der Waals surface area contributed by atoms with E-state index in [2.05, 4.69) is 40.3 Å². The first-order valence-electron chi connectivity index (χ1n) is 8.79. The van der Waals surface area contributed by atoms with Crippen molar-refractivity contribution in [2.24, 2.45) is 0 Å². The minimum absolute atomic E-state index is 0.0229. The Morgan fingerprint density at radius 3 is 2.89 bits per heavy atom. The molecule has 0 aliphatic heterocycles. The molecule has 0 bridgehead atoms. The Kier molecular flexibility index (Phi) is 3.85. The molecule has 0 saturated carbocycles. The van der Waals surface area contributed by atoms with Crippen LogP contribution in [0.15, 0.2) is 60.1 Å². The Hall–Kier alpha value is -3.63. The second kappa shape index (κ2) is 6.51. The molecule has 3 heterocycles. The molecule has 0 aliphatic carbocycles. The molecule has 1 atom stereocenters. The summed E-state index contributed by atoms with van der Waals surface area (Å²) in [7, 11) is 0. The highest BCUT2D eigenvalue weighted by Crippen LogP contribution is 2.28. The van der Waals surface area contributed by atoms with E-state index in [0.717, 1.165) is 32.9 Å². The Bertz CT molecular complexity index is 1360. The lowest BCUT2D eigenvalue weighted by Gasteiger charge is -2.10. The van der Waals surface area contributed by atoms with Crippen LogP contribution in [0.4, 0.5) is 0 Å². The van der Waals surface area contributed by atoms with Crippen molar-refractivity contribution >= 4 is 27.2 Å². The normalized spacial score (nSPS) is 12.3. The first-order valence-corrected chi connectivity index (χ1v) is 9.67. The van der Waals surface area contributed by atoms with E-state index in [1.54, 1.807) is 21.9 Å². The molecule has 1 unspecified atom stereocenters. The van der Waals surface area contributed by atoms with Gasteiger partial charge in [-0.3, -0.25) is 0 Å². The van der Waals surface area contributed by atoms with Crippen molar-refractivity contribution in [2.75, 3.05) is 0 Å². The number of aromatic nitrogens is 5. The zero-order valence-corrected chi connectivity index (χ0v) is 15.8. The summed E-state index contributed by atoms with van der Waals surface area (Å²) in [5, 5.41) is 22.6. The zero-order valence-electron chi connectivity index (χ0n) is 14.9. The van der Waals surface area contributed by atoms with Crippen molar-refractivity contribution in [2.45, 2.75) is 12.8 Å². The minimum atomic E-state index is 0.0229. The highest BCUT2D eigenvalue weighted by atomic mass is 32.1. The summed E-state index contributed by atoms with van der Waals surface area (Å²) in [4.78, 5) is 4.34. The second-order valence-corrected chi connectivity index (χ2v) is 7.43.